The summed E-state index contributed by atoms with van der Waals surface area (Å²) >= 11 is 0. The molecule has 0 saturated carbocycles. The zero-order chi connectivity index (χ0) is 25.9. The fraction of sp³-hybridized carbons (Fsp3) is 0.0667. The van der Waals surface area contributed by atoms with Crippen LogP contribution in [-0.2, 0) is 0 Å². The summed E-state index contributed by atoms with van der Waals surface area (Å²) in [4.78, 5) is 34.4. The first-order chi connectivity index (χ1) is 18.6. The highest BCUT2D eigenvalue weighted by Gasteiger charge is 2.13. The van der Waals surface area contributed by atoms with Crippen molar-refractivity contribution in [3.05, 3.63) is 108 Å². The van der Waals surface area contributed by atoms with Crippen molar-refractivity contribution in [1.82, 2.24) is 20.6 Å². The third kappa shape index (κ3) is 4.75. The first-order valence-electron chi connectivity index (χ1n) is 12.1. The summed E-state index contributed by atoms with van der Waals surface area (Å²) in [5, 5.41) is 5.67. The number of rotatable bonds is 7. The molecule has 8 heteroatoms. The summed E-state index contributed by atoms with van der Waals surface area (Å²) < 4.78 is 11.6. The van der Waals surface area contributed by atoms with E-state index in [2.05, 4.69) is 20.6 Å². The van der Waals surface area contributed by atoms with Crippen molar-refractivity contribution in [2.24, 2.45) is 0 Å². The molecular formula is C30H22N4O4. The SMILES string of the molecule is O=C(NCCNC(=O)c1cccc(-c2nc3ccccc3o2)c1)c1cccc(-c2nc3ccccc3o2)c1. The lowest BCUT2D eigenvalue weighted by Gasteiger charge is -2.08. The second-order valence-electron chi connectivity index (χ2n) is 8.65. The van der Waals surface area contributed by atoms with Gasteiger partial charge in [-0.05, 0) is 60.7 Å². The molecule has 186 valence electrons. The van der Waals surface area contributed by atoms with Crippen molar-refractivity contribution >= 4 is 34.0 Å². The smallest absolute Gasteiger partial charge is 0.251 e. The van der Waals surface area contributed by atoms with Crippen molar-refractivity contribution in [1.29, 1.82) is 0 Å². The molecule has 2 aromatic heterocycles. The number of hydrogen-bond acceptors (Lipinski definition) is 6. The molecule has 2 heterocycles. The molecule has 0 spiro atoms. The van der Waals surface area contributed by atoms with E-state index < -0.39 is 0 Å². The third-order valence-electron chi connectivity index (χ3n) is 6.03. The molecule has 2 N–H and O–H groups in total. The molecule has 38 heavy (non-hydrogen) atoms. The Kier molecular flexibility index (Phi) is 6.11. The molecule has 2 amide bonds. The Bertz CT molecular complexity index is 1590. The van der Waals surface area contributed by atoms with Gasteiger partial charge in [-0.2, -0.15) is 0 Å². The third-order valence-corrected chi connectivity index (χ3v) is 6.03. The molecule has 0 bridgehead atoms. The number of hydrogen-bond donors (Lipinski definition) is 2. The van der Waals surface area contributed by atoms with E-state index in [0.717, 1.165) is 11.0 Å². The lowest BCUT2D eigenvalue weighted by Crippen LogP contribution is -2.34. The van der Waals surface area contributed by atoms with Crippen LogP contribution in [0.2, 0.25) is 0 Å². The van der Waals surface area contributed by atoms with E-state index in [4.69, 9.17) is 8.83 Å². The van der Waals surface area contributed by atoms with E-state index in [1.165, 1.54) is 0 Å². The highest BCUT2D eigenvalue weighted by molar-refractivity contribution is 5.96. The summed E-state index contributed by atoms with van der Waals surface area (Å²) in [5.41, 5.74) is 5.26. The van der Waals surface area contributed by atoms with Gasteiger partial charge in [-0.3, -0.25) is 9.59 Å². The minimum Gasteiger partial charge on any atom is -0.436 e. The molecule has 0 aliphatic heterocycles. The Morgan fingerprint density at radius 3 is 1.47 bits per heavy atom. The number of nitrogens with zero attached hydrogens (tertiary/aromatic N) is 2. The molecule has 0 radical (unpaired) electrons. The number of oxazole rings is 2. The molecule has 0 aliphatic carbocycles. The predicted molar refractivity (Wildman–Crippen MR) is 144 cm³/mol. The summed E-state index contributed by atoms with van der Waals surface area (Å²) in [6, 6.07) is 29.2. The Balaban J connectivity index is 1.05. The molecule has 0 unspecified atom stereocenters. The number of fused-ring (bicyclic) bond motifs is 2. The van der Waals surface area contributed by atoms with Gasteiger partial charge in [0.2, 0.25) is 11.8 Å². The second kappa shape index (κ2) is 10.0. The van der Waals surface area contributed by atoms with Crippen molar-refractivity contribution in [2.45, 2.75) is 0 Å². The average molecular weight is 503 g/mol. The zero-order valence-electron chi connectivity index (χ0n) is 20.2. The van der Waals surface area contributed by atoms with E-state index >= 15 is 0 Å². The molecule has 0 aliphatic rings. The van der Waals surface area contributed by atoms with Crippen molar-refractivity contribution in [2.75, 3.05) is 13.1 Å². The highest BCUT2D eigenvalue weighted by atomic mass is 16.4. The van der Waals surface area contributed by atoms with Gasteiger partial charge in [0.15, 0.2) is 11.2 Å². The summed E-state index contributed by atoms with van der Waals surface area (Å²) in [6.45, 7) is 0.533. The topological polar surface area (TPSA) is 110 Å². The molecule has 8 nitrogen and oxygen atoms in total. The maximum absolute atomic E-state index is 12.7. The van der Waals surface area contributed by atoms with Crippen molar-refractivity contribution in [3.63, 3.8) is 0 Å². The van der Waals surface area contributed by atoms with Gasteiger partial charge in [-0.25, -0.2) is 9.97 Å². The van der Waals surface area contributed by atoms with Crippen LogP contribution in [0.4, 0.5) is 0 Å². The molecule has 4 aromatic carbocycles. The molecule has 6 aromatic rings. The Hall–Kier alpha value is -5.24. The number of benzene rings is 4. The van der Waals surface area contributed by atoms with Crippen LogP contribution in [0.3, 0.4) is 0 Å². The fourth-order valence-electron chi connectivity index (χ4n) is 4.13. The summed E-state index contributed by atoms with van der Waals surface area (Å²) in [6.07, 6.45) is 0. The van der Waals surface area contributed by atoms with Gasteiger partial charge in [-0.15, -0.1) is 0 Å². The highest BCUT2D eigenvalue weighted by Crippen LogP contribution is 2.26. The van der Waals surface area contributed by atoms with Gasteiger partial charge < -0.3 is 19.5 Å². The van der Waals surface area contributed by atoms with Crippen LogP contribution in [-0.4, -0.2) is 34.9 Å². The van der Waals surface area contributed by atoms with Crippen LogP contribution in [0.1, 0.15) is 20.7 Å². The second-order valence-corrected chi connectivity index (χ2v) is 8.65. The van der Waals surface area contributed by atoms with Crippen LogP contribution in [0.5, 0.6) is 0 Å². The average Bonchev–Trinajstić information content (AvgIpc) is 3.60. The van der Waals surface area contributed by atoms with Crippen LogP contribution in [0, 0.1) is 0 Å². The maximum atomic E-state index is 12.7. The predicted octanol–water partition coefficient (Wildman–Crippen LogP) is 5.46. The molecule has 6 rings (SSSR count). The minimum atomic E-state index is -0.254. The first kappa shape index (κ1) is 23.2. The van der Waals surface area contributed by atoms with E-state index in [0.29, 0.717) is 45.2 Å². The van der Waals surface area contributed by atoms with Crippen LogP contribution in [0.15, 0.2) is 106 Å². The van der Waals surface area contributed by atoms with Gasteiger partial charge in [0.25, 0.3) is 11.8 Å². The largest absolute Gasteiger partial charge is 0.436 e. The lowest BCUT2D eigenvalue weighted by molar-refractivity contribution is 0.0927. The molecule has 0 fully saturated rings. The van der Waals surface area contributed by atoms with Gasteiger partial charge in [0.1, 0.15) is 11.0 Å². The number of nitrogens with one attached hydrogen (secondary N) is 2. The minimum absolute atomic E-state index is 0.254. The molecular weight excluding hydrogens is 480 g/mol. The Labute approximate surface area is 217 Å². The summed E-state index contributed by atoms with van der Waals surface area (Å²) in [7, 11) is 0. The number of aromatic nitrogens is 2. The number of carbonyl (C=O) groups is 2. The quantitative estimate of drug-likeness (QED) is 0.281. The zero-order valence-corrected chi connectivity index (χ0v) is 20.2. The first-order valence-corrected chi connectivity index (χ1v) is 12.1. The Morgan fingerprint density at radius 1 is 0.579 bits per heavy atom. The van der Waals surface area contributed by atoms with Crippen molar-refractivity contribution < 1.29 is 18.4 Å². The van der Waals surface area contributed by atoms with Crippen LogP contribution >= 0.6 is 0 Å². The van der Waals surface area contributed by atoms with Crippen molar-refractivity contribution in [3.8, 4) is 22.9 Å². The maximum Gasteiger partial charge on any atom is 0.251 e. The monoisotopic (exact) mass is 502 g/mol. The Morgan fingerprint density at radius 2 is 1.03 bits per heavy atom. The van der Waals surface area contributed by atoms with Gasteiger partial charge in [0.05, 0.1) is 0 Å². The number of para-hydroxylation sites is 4. The molecule has 0 atom stereocenters. The lowest BCUT2D eigenvalue weighted by atomic mass is 10.1. The molecule has 0 saturated heterocycles. The van der Waals surface area contributed by atoms with E-state index in [1.807, 2.05) is 60.7 Å². The van der Waals surface area contributed by atoms with Gasteiger partial charge in [-0.1, -0.05) is 36.4 Å². The van der Waals surface area contributed by atoms with Gasteiger partial charge in [0, 0.05) is 35.3 Å². The van der Waals surface area contributed by atoms with E-state index in [-0.39, 0.29) is 24.9 Å². The van der Waals surface area contributed by atoms with E-state index in [1.54, 1.807) is 36.4 Å². The standard InChI is InChI=1S/C30H22N4O4/c35-27(19-7-5-9-21(17-19)29-33-23-11-1-3-13-25(23)37-29)31-15-16-32-28(36)20-8-6-10-22(18-20)30-34-24-12-2-4-14-26(24)38-30/h1-14,17-18H,15-16H2,(H,31,35)(H,32,36). The number of amides is 2. The normalized spacial score (nSPS) is 11.1. The van der Waals surface area contributed by atoms with Gasteiger partial charge >= 0.3 is 0 Å². The van der Waals surface area contributed by atoms with Crippen LogP contribution < -0.4 is 10.6 Å². The van der Waals surface area contributed by atoms with Crippen LogP contribution in [0.25, 0.3) is 45.1 Å². The fourth-order valence-corrected chi connectivity index (χ4v) is 4.13. The number of carbonyl (C=O) groups excluding carboxylic acids is 2. The summed E-state index contributed by atoms with van der Waals surface area (Å²) in [5.74, 6) is 0.395. The van der Waals surface area contributed by atoms with E-state index in [9.17, 15) is 9.59 Å².